The van der Waals surface area contributed by atoms with E-state index in [0.29, 0.717) is 0 Å². The van der Waals surface area contributed by atoms with E-state index in [0.717, 1.165) is 0 Å². The van der Waals surface area contributed by atoms with Crippen molar-refractivity contribution in [2.24, 2.45) is 0 Å². The van der Waals surface area contributed by atoms with Crippen LogP contribution in [-0.2, 0) is 0 Å². The molecule has 1 heterocycles. The summed E-state index contributed by atoms with van der Waals surface area (Å²) < 4.78 is 1.37. The van der Waals surface area contributed by atoms with Gasteiger partial charge in [0.15, 0.2) is 0 Å². The van der Waals surface area contributed by atoms with Crippen molar-refractivity contribution in [2.75, 3.05) is 0 Å². The SMILES string of the molecule is b1csc2ccc3cc4ccccc4cc3c12. The van der Waals surface area contributed by atoms with Crippen molar-refractivity contribution >= 4 is 49.8 Å². The summed E-state index contributed by atoms with van der Waals surface area (Å²) in [7, 11) is 0. The molecule has 17 heavy (non-hydrogen) atoms. The van der Waals surface area contributed by atoms with Crippen molar-refractivity contribution in [3.8, 4) is 0 Å². The fraction of sp³-hybridized carbons (Fsp3) is 0. The van der Waals surface area contributed by atoms with Crippen molar-refractivity contribution in [3.05, 3.63) is 53.8 Å². The number of fused-ring (bicyclic) bond motifs is 4. The minimum atomic E-state index is 1.31. The van der Waals surface area contributed by atoms with Crippen LogP contribution in [0.5, 0.6) is 0 Å². The van der Waals surface area contributed by atoms with Gasteiger partial charge in [0.2, 0.25) is 0 Å². The molecule has 0 saturated carbocycles. The monoisotopic (exact) mass is 232 g/mol. The molecule has 4 rings (SSSR count). The van der Waals surface area contributed by atoms with Crippen molar-refractivity contribution in [1.29, 1.82) is 0 Å². The molecule has 1 aromatic heterocycles. The third-order valence-corrected chi connectivity index (χ3v) is 4.20. The molecule has 0 aliphatic heterocycles. The Bertz CT molecular complexity index is 845. The van der Waals surface area contributed by atoms with Gasteiger partial charge >= 0.3 is 104 Å². The van der Waals surface area contributed by atoms with Gasteiger partial charge in [0.25, 0.3) is 0 Å². The van der Waals surface area contributed by atoms with Gasteiger partial charge in [0, 0.05) is 0 Å². The van der Waals surface area contributed by atoms with E-state index in [2.05, 4.69) is 60.7 Å². The van der Waals surface area contributed by atoms with E-state index in [1.54, 1.807) is 0 Å². The average molecular weight is 232 g/mol. The Kier molecular flexibility index (Phi) is 1.88. The standard InChI is InChI=1S/C15H9BS/c1-2-4-11-8-13-12(7-10(11)3-1)5-6-14-15(13)16-9-17-14/h1-9H. The van der Waals surface area contributed by atoms with Crippen molar-refractivity contribution in [3.63, 3.8) is 0 Å². The van der Waals surface area contributed by atoms with Crippen molar-refractivity contribution < 1.29 is 0 Å². The molecule has 0 radical (unpaired) electrons. The molecule has 0 aliphatic carbocycles. The Balaban J connectivity index is 2.29. The molecule has 0 aliphatic rings. The summed E-state index contributed by atoms with van der Waals surface area (Å²) in [5, 5.41) is 8.86. The Hall–Kier alpha value is -1.67. The van der Waals surface area contributed by atoms with E-state index in [4.69, 9.17) is 0 Å². The number of hydrogen-bond acceptors (Lipinski definition) is 1. The maximum absolute atomic E-state index is 2.31. The number of benzene rings is 3. The van der Waals surface area contributed by atoms with Gasteiger partial charge in [-0.05, 0) is 0 Å². The molecule has 0 atom stereocenters. The Morgan fingerprint density at radius 3 is 2.53 bits per heavy atom. The Morgan fingerprint density at radius 2 is 1.65 bits per heavy atom. The first-order valence-electron chi connectivity index (χ1n) is 5.70. The van der Waals surface area contributed by atoms with Crippen LogP contribution in [0.25, 0.3) is 31.5 Å². The van der Waals surface area contributed by atoms with Gasteiger partial charge in [0.05, 0.1) is 0 Å². The van der Waals surface area contributed by atoms with Crippen LogP contribution in [0.1, 0.15) is 0 Å². The van der Waals surface area contributed by atoms with E-state index >= 15 is 0 Å². The molecule has 0 fully saturated rings. The molecule has 0 spiro atoms. The maximum atomic E-state index is 2.31. The van der Waals surface area contributed by atoms with Gasteiger partial charge in [-0.2, -0.15) is 0 Å². The predicted molar refractivity (Wildman–Crippen MR) is 78.2 cm³/mol. The third kappa shape index (κ3) is 1.34. The topological polar surface area (TPSA) is 0 Å². The van der Waals surface area contributed by atoms with Crippen LogP contribution in [0.15, 0.2) is 53.8 Å². The fourth-order valence-corrected chi connectivity index (χ4v) is 3.27. The zero-order valence-electron chi connectivity index (χ0n) is 9.18. The molecule has 78 valence electrons. The van der Waals surface area contributed by atoms with Gasteiger partial charge in [-0.3, -0.25) is 0 Å². The minimum absolute atomic E-state index is 1.31. The first-order chi connectivity index (χ1) is 8.42. The molecular weight excluding hydrogens is 223 g/mol. The predicted octanol–water partition coefficient (Wildman–Crippen LogP) is 4.55. The summed E-state index contributed by atoms with van der Waals surface area (Å²) in [5.74, 6) is 0. The first-order valence-corrected chi connectivity index (χ1v) is 6.58. The van der Waals surface area contributed by atoms with E-state index in [1.807, 2.05) is 11.3 Å². The van der Waals surface area contributed by atoms with Gasteiger partial charge in [-0.1, -0.05) is 0 Å². The van der Waals surface area contributed by atoms with Crippen LogP contribution in [0.3, 0.4) is 0 Å². The fourth-order valence-electron chi connectivity index (χ4n) is 2.47. The van der Waals surface area contributed by atoms with Crippen LogP contribution in [-0.4, -0.2) is 6.91 Å². The van der Waals surface area contributed by atoms with Crippen molar-refractivity contribution in [1.82, 2.24) is 0 Å². The van der Waals surface area contributed by atoms with Gasteiger partial charge in [0.1, 0.15) is 0 Å². The molecule has 0 nitrogen and oxygen atoms in total. The van der Waals surface area contributed by atoms with Crippen LogP contribution >= 0.6 is 11.3 Å². The average Bonchev–Trinajstić information content (AvgIpc) is 2.85. The molecule has 0 amide bonds. The second-order valence-electron chi connectivity index (χ2n) is 4.32. The number of hydrogen-bond donors (Lipinski definition) is 0. The summed E-state index contributed by atoms with van der Waals surface area (Å²) in [6.07, 6.45) is 0. The number of rotatable bonds is 0. The molecule has 4 aromatic rings. The molecule has 0 unspecified atom stereocenters. The van der Waals surface area contributed by atoms with Gasteiger partial charge < -0.3 is 0 Å². The second kappa shape index (κ2) is 3.41. The zero-order chi connectivity index (χ0) is 11.2. The van der Waals surface area contributed by atoms with Crippen LogP contribution in [0.2, 0.25) is 0 Å². The summed E-state index contributed by atoms with van der Waals surface area (Å²) in [4.78, 5) is 0. The van der Waals surface area contributed by atoms with Gasteiger partial charge in [-0.15, -0.1) is 0 Å². The molecular formula is C15H9BS. The third-order valence-electron chi connectivity index (χ3n) is 3.32. The summed E-state index contributed by atoms with van der Waals surface area (Å²) >= 11 is 1.81. The summed E-state index contributed by atoms with van der Waals surface area (Å²) in [6.45, 7) is 2.22. The quantitative estimate of drug-likeness (QED) is 0.390. The molecule has 0 saturated heterocycles. The van der Waals surface area contributed by atoms with Crippen LogP contribution in [0.4, 0.5) is 0 Å². The van der Waals surface area contributed by atoms with E-state index < -0.39 is 0 Å². The van der Waals surface area contributed by atoms with Gasteiger partial charge in [-0.25, -0.2) is 0 Å². The zero-order valence-corrected chi connectivity index (χ0v) is 10.00. The summed E-state index contributed by atoms with van der Waals surface area (Å²) in [6, 6.07) is 17.6. The Labute approximate surface area is 104 Å². The van der Waals surface area contributed by atoms with E-state index in [9.17, 15) is 0 Å². The normalized spacial score (nSPS) is 11.3. The summed E-state index contributed by atoms with van der Waals surface area (Å²) in [5.41, 5.74) is 0. The molecule has 0 bridgehead atoms. The van der Waals surface area contributed by atoms with E-state index in [-0.39, 0.29) is 0 Å². The first kappa shape index (κ1) is 9.37. The molecule has 3 aromatic carbocycles. The molecule has 2 heteroatoms. The molecule has 0 N–H and O–H groups in total. The van der Waals surface area contributed by atoms with Crippen LogP contribution < -0.4 is 0 Å². The Morgan fingerprint density at radius 1 is 0.824 bits per heavy atom. The second-order valence-corrected chi connectivity index (χ2v) is 5.27. The van der Waals surface area contributed by atoms with Crippen molar-refractivity contribution in [2.45, 2.75) is 0 Å². The van der Waals surface area contributed by atoms with Crippen LogP contribution in [0, 0.1) is 0 Å². The van der Waals surface area contributed by atoms with E-state index in [1.165, 1.54) is 31.5 Å².